The van der Waals surface area contributed by atoms with Gasteiger partial charge in [0.25, 0.3) is 0 Å². The number of rotatable bonds is 4. The summed E-state index contributed by atoms with van der Waals surface area (Å²) in [5, 5.41) is 8.34. The van der Waals surface area contributed by atoms with Crippen LogP contribution in [0.1, 0.15) is 31.5 Å². The summed E-state index contributed by atoms with van der Waals surface area (Å²) in [5.41, 5.74) is 4.69. The van der Waals surface area contributed by atoms with Crippen LogP contribution in [-0.2, 0) is 7.05 Å². The number of likely N-dealkylation sites (N-methyl/N-ethyl adjacent to an activating group) is 1. The van der Waals surface area contributed by atoms with E-state index in [2.05, 4.69) is 38.2 Å². The van der Waals surface area contributed by atoms with Crippen LogP contribution < -0.4 is 5.32 Å². The van der Waals surface area contributed by atoms with Crippen molar-refractivity contribution >= 4 is 22.6 Å². The molecule has 1 aliphatic carbocycles. The second kappa shape index (κ2) is 8.63. The summed E-state index contributed by atoms with van der Waals surface area (Å²) in [5.74, 6) is 1.65. The quantitative estimate of drug-likeness (QED) is 0.503. The van der Waals surface area contributed by atoms with E-state index in [0.717, 1.165) is 39.8 Å². The second-order valence-corrected chi connectivity index (χ2v) is 9.89. The molecule has 0 spiro atoms. The van der Waals surface area contributed by atoms with Crippen molar-refractivity contribution < 1.29 is 0 Å². The monoisotopic (exact) mass is 459 g/mol. The maximum Gasteiger partial charge on any atom is 0.241 e. The third kappa shape index (κ3) is 3.92. The molecule has 0 radical (unpaired) electrons. The topological polar surface area (TPSA) is 79.4 Å². The molecule has 4 aromatic heterocycles. The highest BCUT2D eigenvalue weighted by atomic mass is 15.3. The molecule has 2 aliphatic rings. The van der Waals surface area contributed by atoms with Gasteiger partial charge in [0.1, 0.15) is 11.3 Å². The van der Waals surface area contributed by atoms with Crippen molar-refractivity contribution in [3.8, 4) is 11.3 Å². The summed E-state index contributed by atoms with van der Waals surface area (Å²) < 4.78 is 3.93. The number of nitrogens with zero attached hydrogens (tertiary/aromatic N) is 8. The van der Waals surface area contributed by atoms with Crippen LogP contribution in [0.15, 0.2) is 30.6 Å². The molecular formula is C25H33N9. The Kier molecular flexibility index (Phi) is 5.45. The van der Waals surface area contributed by atoms with Gasteiger partial charge in [-0.15, -0.1) is 5.10 Å². The lowest BCUT2D eigenvalue weighted by atomic mass is 9.90. The van der Waals surface area contributed by atoms with E-state index in [-0.39, 0.29) is 0 Å². The van der Waals surface area contributed by atoms with E-state index in [4.69, 9.17) is 10.1 Å². The number of pyridine rings is 1. The second-order valence-electron chi connectivity index (χ2n) is 9.89. The van der Waals surface area contributed by atoms with Gasteiger partial charge in [0.05, 0.1) is 17.4 Å². The van der Waals surface area contributed by atoms with Crippen LogP contribution in [0, 0.1) is 6.92 Å². The first-order valence-corrected chi connectivity index (χ1v) is 12.4. The highest BCUT2D eigenvalue weighted by Crippen LogP contribution is 2.28. The fourth-order valence-corrected chi connectivity index (χ4v) is 5.47. The molecule has 1 N–H and O–H groups in total. The summed E-state index contributed by atoms with van der Waals surface area (Å²) in [6.45, 7) is 6.79. The Labute approximate surface area is 199 Å². The van der Waals surface area contributed by atoms with Crippen molar-refractivity contribution in [2.75, 3.05) is 38.5 Å². The molecule has 4 aromatic rings. The number of nitrogens with one attached hydrogen (secondary N) is 1. The lowest BCUT2D eigenvalue weighted by Crippen LogP contribution is -2.50. The summed E-state index contributed by atoms with van der Waals surface area (Å²) in [6, 6.07) is 7.29. The fraction of sp³-hybridized carbons (Fsp3) is 0.520. The lowest BCUT2D eigenvalue weighted by Gasteiger charge is -2.41. The zero-order valence-electron chi connectivity index (χ0n) is 20.3. The van der Waals surface area contributed by atoms with Crippen LogP contribution in [0.2, 0.25) is 0 Å². The maximum atomic E-state index is 4.86. The van der Waals surface area contributed by atoms with Crippen LogP contribution in [-0.4, -0.2) is 84.2 Å². The normalized spacial score (nSPS) is 22.6. The Bertz CT molecular complexity index is 1310. The van der Waals surface area contributed by atoms with Gasteiger partial charge in [0.2, 0.25) is 5.95 Å². The van der Waals surface area contributed by atoms with Gasteiger partial charge < -0.3 is 14.8 Å². The molecule has 1 saturated heterocycles. The predicted octanol–water partition coefficient (Wildman–Crippen LogP) is 2.96. The summed E-state index contributed by atoms with van der Waals surface area (Å²) in [6.07, 6.45) is 8.73. The van der Waals surface area contributed by atoms with E-state index < -0.39 is 0 Å². The summed E-state index contributed by atoms with van der Waals surface area (Å²) in [7, 11) is 4.22. The first-order chi connectivity index (χ1) is 16.5. The van der Waals surface area contributed by atoms with Gasteiger partial charge >= 0.3 is 0 Å². The number of hydrogen-bond donors (Lipinski definition) is 1. The van der Waals surface area contributed by atoms with Crippen molar-refractivity contribution in [3.63, 3.8) is 0 Å². The molecule has 9 heteroatoms. The van der Waals surface area contributed by atoms with Gasteiger partial charge in [-0.1, -0.05) is 0 Å². The predicted molar refractivity (Wildman–Crippen MR) is 134 cm³/mol. The van der Waals surface area contributed by atoms with Gasteiger partial charge in [0.15, 0.2) is 5.65 Å². The molecule has 0 aromatic carbocycles. The number of anilines is 1. The average Bonchev–Trinajstić information content (AvgIpc) is 3.40. The first kappa shape index (κ1) is 21.5. The van der Waals surface area contributed by atoms with Crippen molar-refractivity contribution in [1.29, 1.82) is 0 Å². The Hall–Kier alpha value is -3.04. The molecule has 0 unspecified atom stereocenters. The Morgan fingerprint density at radius 2 is 1.74 bits per heavy atom. The van der Waals surface area contributed by atoms with Crippen molar-refractivity contribution in [2.45, 2.75) is 44.7 Å². The van der Waals surface area contributed by atoms with Crippen LogP contribution in [0.3, 0.4) is 0 Å². The molecule has 5 heterocycles. The SMILES string of the molecule is Cc1nc2ccc(-c3ccn4nc(NC5CCC(N6CCN(C)CC6)CC5)ncc34)nc2n1C. The standard InChI is InChI=1S/C25H33N9/c1-17-27-22-9-8-21(29-24(22)32(17)3)20-10-11-34-23(20)16-26-25(30-34)28-18-4-6-19(7-5-18)33-14-12-31(2)13-15-33/h8-11,16,18-19H,4-7,12-15H2,1-3H3,(H,28,30). The van der Waals surface area contributed by atoms with Gasteiger partial charge in [0, 0.05) is 57.1 Å². The molecule has 34 heavy (non-hydrogen) atoms. The third-order valence-electron chi connectivity index (χ3n) is 7.72. The minimum Gasteiger partial charge on any atom is -0.350 e. The van der Waals surface area contributed by atoms with E-state index >= 15 is 0 Å². The average molecular weight is 460 g/mol. The van der Waals surface area contributed by atoms with Crippen molar-refractivity contribution in [3.05, 3.63) is 36.4 Å². The van der Waals surface area contributed by atoms with E-state index in [0.29, 0.717) is 12.0 Å². The van der Waals surface area contributed by atoms with Crippen LogP contribution in [0.4, 0.5) is 5.95 Å². The van der Waals surface area contributed by atoms with E-state index in [1.807, 2.05) is 47.6 Å². The molecule has 6 rings (SSSR count). The fourth-order valence-electron chi connectivity index (χ4n) is 5.47. The Morgan fingerprint density at radius 3 is 2.53 bits per heavy atom. The highest BCUT2D eigenvalue weighted by Gasteiger charge is 2.28. The number of hydrogen-bond acceptors (Lipinski definition) is 7. The highest BCUT2D eigenvalue weighted by molar-refractivity contribution is 5.82. The van der Waals surface area contributed by atoms with Crippen LogP contribution in [0.25, 0.3) is 27.9 Å². The zero-order chi connectivity index (χ0) is 23.2. The largest absolute Gasteiger partial charge is 0.350 e. The minimum atomic E-state index is 0.438. The molecule has 178 valence electrons. The van der Waals surface area contributed by atoms with Crippen molar-refractivity contribution in [1.82, 2.24) is 38.9 Å². The minimum absolute atomic E-state index is 0.438. The van der Waals surface area contributed by atoms with E-state index in [1.165, 1.54) is 51.9 Å². The maximum absolute atomic E-state index is 4.86. The van der Waals surface area contributed by atoms with Crippen molar-refractivity contribution in [2.24, 2.45) is 7.05 Å². The summed E-state index contributed by atoms with van der Waals surface area (Å²) >= 11 is 0. The number of piperazine rings is 1. The van der Waals surface area contributed by atoms with Crippen LogP contribution in [0.5, 0.6) is 0 Å². The molecule has 0 bridgehead atoms. The molecule has 0 amide bonds. The Morgan fingerprint density at radius 1 is 0.941 bits per heavy atom. The third-order valence-corrected chi connectivity index (χ3v) is 7.72. The number of aromatic nitrogens is 6. The Balaban J connectivity index is 1.14. The van der Waals surface area contributed by atoms with Gasteiger partial charge in [-0.05, 0) is 57.9 Å². The van der Waals surface area contributed by atoms with Gasteiger partial charge in [-0.2, -0.15) is 0 Å². The number of imidazole rings is 1. The smallest absolute Gasteiger partial charge is 0.241 e. The first-order valence-electron chi connectivity index (χ1n) is 12.4. The number of aryl methyl sites for hydroxylation is 2. The number of fused-ring (bicyclic) bond motifs is 2. The molecule has 0 atom stereocenters. The summed E-state index contributed by atoms with van der Waals surface area (Å²) in [4.78, 5) is 19.2. The molecule has 1 aliphatic heterocycles. The van der Waals surface area contributed by atoms with E-state index in [1.54, 1.807) is 0 Å². The molecule has 2 fully saturated rings. The van der Waals surface area contributed by atoms with Gasteiger partial charge in [-0.25, -0.2) is 19.5 Å². The van der Waals surface area contributed by atoms with Gasteiger partial charge in [-0.3, -0.25) is 4.90 Å². The van der Waals surface area contributed by atoms with E-state index in [9.17, 15) is 0 Å². The van der Waals surface area contributed by atoms with Crippen LogP contribution >= 0.6 is 0 Å². The zero-order valence-corrected chi connectivity index (χ0v) is 20.3. The molecular weight excluding hydrogens is 426 g/mol. The molecule has 9 nitrogen and oxygen atoms in total. The molecule has 1 saturated carbocycles. The lowest BCUT2D eigenvalue weighted by molar-refractivity contribution is 0.0893.